The Morgan fingerprint density at radius 3 is 2.11 bits per heavy atom. The van der Waals surface area contributed by atoms with Crippen LogP contribution < -0.4 is 10.6 Å². The smallest absolute Gasteiger partial charge is 0.222 e. The molecule has 5 atom stereocenters. The minimum atomic E-state index is -1.12. The number of allylic oxidation sites excluding steroid dienone is 2. The molecule has 1 fully saturated rings. The highest BCUT2D eigenvalue weighted by molar-refractivity contribution is 5.76. The minimum Gasteiger partial charge on any atom is -0.390 e. The van der Waals surface area contributed by atoms with Crippen molar-refractivity contribution in [2.75, 3.05) is 53.6 Å². The lowest BCUT2D eigenvalue weighted by Gasteiger charge is -2.40. The molecule has 0 spiro atoms. The molecule has 264 valence electrons. The molecule has 0 aromatic rings. The normalized spacial score (nSPS) is 21.8. The van der Waals surface area contributed by atoms with E-state index in [1.165, 1.54) is 77.7 Å². The predicted molar refractivity (Wildman–Crippen MR) is 180 cm³/mol. The van der Waals surface area contributed by atoms with Gasteiger partial charge in [-0.3, -0.25) is 9.59 Å². The molecule has 1 aliphatic rings. The van der Waals surface area contributed by atoms with E-state index in [2.05, 4.69) is 29.7 Å². The van der Waals surface area contributed by atoms with Crippen LogP contribution in [0.1, 0.15) is 117 Å². The molecular formula is C35H67N3O7. The third-order valence-electron chi connectivity index (χ3n) is 8.68. The first kappa shape index (κ1) is 41.5. The summed E-state index contributed by atoms with van der Waals surface area (Å²) in [5, 5.41) is 26.3. The molecule has 1 rings (SSSR count). The standard InChI is InChI=1S/C35H67N3O7/c1-5-6-7-8-9-10-11-12-13-14-15-16-17-18-19-21-32(40)38(26-27-43-3)25-20-23-36-24-22-31(39)37-28-30-29(2)33(41)34(42)35(44-4)45-30/h12-13,29-30,33-36,41-42H,5-11,14-28H2,1-4H3,(H,37,39)/b13-12-/t29-,30?,33+,34-,35?/m0/s1. The molecule has 1 saturated heterocycles. The third-order valence-corrected chi connectivity index (χ3v) is 8.68. The second kappa shape index (κ2) is 27.5. The SMILES string of the molecule is CCCCCCCC/C=C\CCCCCCCC(=O)N(CCCNCCC(=O)NCC1OC(OC)[C@@H](O)[C@H](O)[C@H]1C)CCOC. The average Bonchev–Trinajstić information content (AvgIpc) is 3.04. The van der Waals surface area contributed by atoms with Crippen LogP contribution in [0.15, 0.2) is 12.2 Å². The number of aliphatic hydroxyl groups excluding tert-OH is 2. The van der Waals surface area contributed by atoms with E-state index in [4.69, 9.17) is 14.2 Å². The van der Waals surface area contributed by atoms with Gasteiger partial charge in [0.05, 0.1) is 18.8 Å². The molecule has 10 nitrogen and oxygen atoms in total. The number of hydrogen-bond acceptors (Lipinski definition) is 8. The van der Waals surface area contributed by atoms with Crippen molar-refractivity contribution in [1.82, 2.24) is 15.5 Å². The van der Waals surface area contributed by atoms with Crippen LogP contribution in [-0.2, 0) is 23.8 Å². The second-order valence-corrected chi connectivity index (χ2v) is 12.5. The second-order valence-electron chi connectivity index (χ2n) is 12.5. The molecule has 1 aliphatic heterocycles. The number of carbonyl (C=O) groups excluding carboxylic acids is 2. The highest BCUT2D eigenvalue weighted by Gasteiger charge is 2.42. The zero-order valence-electron chi connectivity index (χ0n) is 29.0. The van der Waals surface area contributed by atoms with E-state index in [1.54, 1.807) is 14.0 Å². The van der Waals surface area contributed by atoms with Gasteiger partial charge in [-0.2, -0.15) is 0 Å². The van der Waals surface area contributed by atoms with Gasteiger partial charge in [0.1, 0.15) is 6.10 Å². The summed E-state index contributed by atoms with van der Waals surface area (Å²) >= 11 is 0. The fraction of sp³-hybridized carbons (Fsp3) is 0.886. The van der Waals surface area contributed by atoms with Gasteiger partial charge in [-0.05, 0) is 45.1 Å². The summed E-state index contributed by atoms with van der Waals surface area (Å²) in [6, 6.07) is 0. The Hall–Kier alpha value is -1.56. The van der Waals surface area contributed by atoms with Crippen molar-refractivity contribution in [1.29, 1.82) is 0 Å². The van der Waals surface area contributed by atoms with Gasteiger partial charge in [-0.1, -0.05) is 77.4 Å². The van der Waals surface area contributed by atoms with Crippen LogP contribution in [0.5, 0.6) is 0 Å². The number of aliphatic hydroxyl groups is 2. The van der Waals surface area contributed by atoms with Crippen molar-refractivity contribution in [3.8, 4) is 0 Å². The van der Waals surface area contributed by atoms with Gasteiger partial charge < -0.3 is 40.0 Å². The fourth-order valence-corrected chi connectivity index (χ4v) is 5.59. The van der Waals surface area contributed by atoms with Crippen molar-refractivity contribution < 1.29 is 34.0 Å². The molecule has 45 heavy (non-hydrogen) atoms. The summed E-state index contributed by atoms with van der Waals surface area (Å²) < 4.78 is 16.0. The van der Waals surface area contributed by atoms with E-state index in [-0.39, 0.29) is 24.3 Å². The molecule has 0 aliphatic carbocycles. The first-order valence-corrected chi connectivity index (χ1v) is 17.8. The molecule has 4 N–H and O–H groups in total. The average molecular weight is 642 g/mol. The van der Waals surface area contributed by atoms with Crippen LogP contribution in [0.4, 0.5) is 0 Å². The molecule has 2 unspecified atom stereocenters. The van der Waals surface area contributed by atoms with E-state index in [1.807, 2.05) is 4.90 Å². The largest absolute Gasteiger partial charge is 0.390 e. The summed E-state index contributed by atoms with van der Waals surface area (Å²) in [6.07, 6.45) is 19.1. The quantitative estimate of drug-likeness (QED) is 0.0714. The Labute approximate surface area is 274 Å². The van der Waals surface area contributed by atoms with Crippen LogP contribution in [0.3, 0.4) is 0 Å². The number of carbonyl (C=O) groups is 2. The third kappa shape index (κ3) is 19.6. The number of ether oxygens (including phenoxy) is 3. The van der Waals surface area contributed by atoms with Crippen molar-refractivity contribution in [2.24, 2.45) is 5.92 Å². The van der Waals surface area contributed by atoms with Crippen LogP contribution in [-0.4, -0.2) is 105 Å². The van der Waals surface area contributed by atoms with Gasteiger partial charge in [0.2, 0.25) is 11.8 Å². The van der Waals surface area contributed by atoms with Crippen LogP contribution in [0.2, 0.25) is 0 Å². The number of nitrogens with one attached hydrogen (secondary N) is 2. The zero-order chi connectivity index (χ0) is 33.1. The lowest BCUT2D eigenvalue weighted by atomic mass is 9.90. The summed E-state index contributed by atoms with van der Waals surface area (Å²) in [5.74, 6) is -0.272. The van der Waals surface area contributed by atoms with E-state index in [0.717, 1.165) is 19.3 Å². The number of nitrogens with zero attached hydrogens (tertiary/aromatic N) is 1. The Kier molecular flexibility index (Phi) is 25.4. The van der Waals surface area contributed by atoms with Gasteiger partial charge in [-0.25, -0.2) is 0 Å². The summed E-state index contributed by atoms with van der Waals surface area (Å²) in [6.45, 7) is 7.29. The van der Waals surface area contributed by atoms with E-state index < -0.39 is 24.6 Å². The maximum absolute atomic E-state index is 12.8. The van der Waals surface area contributed by atoms with E-state index >= 15 is 0 Å². The minimum absolute atomic E-state index is 0.121. The zero-order valence-corrected chi connectivity index (χ0v) is 29.0. The first-order valence-electron chi connectivity index (χ1n) is 17.8. The molecule has 0 aromatic carbocycles. The maximum Gasteiger partial charge on any atom is 0.222 e. The van der Waals surface area contributed by atoms with Crippen molar-refractivity contribution in [2.45, 2.75) is 141 Å². The Balaban J connectivity index is 2.11. The lowest BCUT2D eigenvalue weighted by molar-refractivity contribution is -0.274. The summed E-state index contributed by atoms with van der Waals surface area (Å²) in [4.78, 5) is 27.0. The van der Waals surface area contributed by atoms with Gasteiger partial charge in [0.15, 0.2) is 6.29 Å². The van der Waals surface area contributed by atoms with Gasteiger partial charge >= 0.3 is 0 Å². The summed E-state index contributed by atoms with van der Waals surface area (Å²) in [7, 11) is 3.06. The number of rotatable bonds is 28. The van der Waals surface area contributed by atoms with E-state index in [9.17, 15) is 19.8 Å². The number of hydrogen-bond donors (Lipinski definition) is 4. The molecule has 0 aromatic heterocycles. The first-order chi connectivity index (χ1) is 21.8. The number of methoxy groups -OCH3 is 2. The highest BCUT2D eigenvalue weighted by atomic mass is 16.7. The van der Waals surface area contributed by atoms with Crippen molar-refractivity contribution in [3.63, 3.8) is 0 Å². The lowest BCUT2D eigenvalue weighted by Crippen LogP contribution is -2.56. The van der Waals surface area contributed by atoms with Crippen LogP contribution in [0.25, 0.3) is 0 Å². The highest BCUT2D eigenvalue weighted by Crippen LogP contribution is 2.26. The van der Waals surface area contributed by atoms with Crippen molar-refractivity contribution in [3.05, 3.63) is 12.2 Å². The number of amides is 2. The van der Waals surface area contributed by atoms with E-state index in [0.29, 0.717) is 45.6 Å². The van der Waals surface area contributed by atoms with Crippen LogP contribution in [0, 0.1) is 5.92 Å². The van der Waals surface area contributed by atoms with Crippen molar-refractivity contribution >= 4 is 11.8 Å². The molecule has 0 saturated carbocycles. The fourth-order valence-electron chi connectivity index (χ4n) is 5.59. The maximum atomic E-state index is 12.8. The summed E-state index contributed by atoms with van der Waals surface area (Å²) in [5.41, 5.74) is 0. The topological polar surface area (TPSA) is 130 Å². The van der Waals surface area contributed by atoms with Gasteiger partial charge in [0, 0.05) is 59.2 Å². The Morgan fingerprint density at radius 2 is 1.47 bits per heavy atom. The molecule has 0 radical (unpaired) electrons. The van der Waals surface area contributed by atoms with Gasteiger partial charge in [-0.15, -0.1) is 0 Å². The Morgan fingerprint density at radius 1 is 0.822 bits per heavy atom. The monoisotopic (exact) mass is 641 g/mol. The predicted octanol–water partition coefficient (Wildman–Crippen LogP) is 4.71. The molecule has 0 bridgehead atoms. The molecule has 2 amide bonds. The Bertz CT molecular complexity index is 768. The van der Waals surface area contributed by atoms with Gasteiger partial charge in [0.25, 0.3) is 0 Å². The molecular weight excluding hydrogens is 574 g/mol. The number of unbranched alkanes of at least 4 members (excludes halogenated alkanes) is 11. The molecule has 1 heterocycles. The molecule has 10 heteroatoms. The van der Waals surface area contributed by atoms with Crippen LogP contribution >= 0.6 is 0 Å².